The average molecular weight is 421 g/mol. The van der Waals surface area contributed by atoms with Crippen LogP contribution in [-0.2, 0) is 11.0 Å². The average Bonchev–Trinajstić information content (AvgIpc) is 2.75. The quantitative estimate of drug-likeness (QED) is 0.588. The summed E-state index contributed by atoms with van der Waals surface area (Å²) in [5.74, 6) is 1.54. The van der Waals surface area contributed by atoms with Gasteiger partial charge in [-0.1, -0.05) is 25.3 Å². The second-order valence-corrected chi connectivity index (χ2v) is 10.2. The van der Waals surface area contributed by atoms with E-state index in [9.17, 15) is 4.21 Å². The molecule has 2 fully saturated rings. The summed E-state index contributed by atoms with van der Waals surface area (Å²) < 4.78 is 15.4. The number of hydrogen-bond donors (Lipinski definition) is 1. The number of unbranched alkanes of at least 4 members (excludes halogenated alkanes) is 1. The Morgan fingerprint density at radius 3 is 2.55 bits per heavy atom. The lowest BCUT2D eigenvalue weighted by Gasteiger charge is -2.36. The van der Waals surface area contributed by atoms with Gasteiger partial charge in [-0.15, -0.1) is 0 Å². The summed E-state index contributed by atoms with van der Waals surface area (Å²) in [4.78, 5) is 7.24. The van der Waals surface area contributed by atoms with Crippen molar-refractivity contribution in [3.8, 4) is 0 Å². The van der Waals surface area contributed by atoms with Gasteiger partial charge in [-0.25, -0.2) is 8.93 Å². The van der Waals surface area contributed by atoms with Gasteiger partial charge in [0, 0.05) is 63.9 Å². The van der Waals surface area contributed by atoms with Crippen LogP contribution in [0.15, 0.2) is 24.3 Å². The highest BCUT2D eigenvalue weighted by Gasteiger charge is 2.18. The largest absolute Gasteiger partial charge is 0.378 e. The van der Waals surface area contributed by atoms with E-state index < -0.39 is 11.0 Å². The van der Waals surface area contributed by atoms with Gasteiger partial charge in [-0.05, 0) is 56.3 Å². The van der Waals surface area contributed by atoms with Crippen molar-refractivity contribution >= 4 is 22.4 Å². The molecule has 1 N–H and O–H groups in total. The van der Waals surface area contributed by atoms with Gasteiger partial charge in [0.25, 0.3) is 0 Å². The number of anilines is 2. The van der Waals surface area contributed by atoms with E-state index in [0.717, 1.165) is 51.4 Å². The van der Waals surface area contributed by atoms with Gasteiger partial charge in [-0.2, -0.15) is 0 Å². The first kappa shape index (κ1) is 22.6. The Bertz CT molecular complexity index is 625. The van der Waals surface area contributed by atoms with Gasteiger partial charge in [0.2, 0.25) is 0 Å². The third kappa shape index (κ3) is 7.58. The molecule has 5 nitrogen and oxygen atoms in total. The number of piperazine rings is 1. The molecule has 1 aliphatic carbocycles. The standard InChI is InChI=1S/C23H40N4OS/c1-25(2)22-11-8-12-23(19-22)27-17-15-26(16-18-27)14-7-6-13-24-29(28)20-21-9-4-3-5-10-21/h8,11-12,19,21,24H,3-7,9-10,13-18,20H2,1-2H3. The Morgan fingerprint density at radius 1 is 1.07 bits per heavy atom. The van der Waals surface area contributed by atoms with Gasteiger partial charge in [-0.3, -0.25) is 4.90 Å². The molecule has 29 heavy (non-hydrogen) atoms. The van der Waals surface area contributed by atoms with Crippen molar-refractivity contribution in [3.63, 3.8) is 0 Å². The van der Waals surface area contributed by atoms with Crippen molar-refractivity contribution in [1.82, 2.24) is 9.62 Å². The Hall–Kier alpha value is -1.11. The van der Waals surface area contributed by atoms with Gasteiger partial charge in [0.15, 0.2) is 0 Å². The van der Waals surface area contributed by atoms with E-state index in [-0.39, 0.29) is 0 Å². The fourth-order valence-electron chi connectivity index (χ4n) is 4.47. The Morgan fingerprint density at radius 2 is 1.83 bits per heavy atom. The van der Waals surface area contributed by atoms with Crippen LogP contribution in [0, 0.1) is 5.92 Å². The maximum Gasteiger partial charge on any atom is 0.0918 e. The second kappa shape index (κ2) is 11.9. The normalized spacial score (nSPS) is 20.0. The van der Waals surface area contributed by atoms with Crippen LogP contribution in [0.25, 0.3) is 0 Å². The molecule has 2 aliphatic rings. The highest BCUT2D eigenvalue weighted by Crippen LogP contribution is 2.24. The van der Waals surface area contributed by atoms with Gasteiger partial charge in [0.05, 0.1) is 11.0 Å². The summed E-state index contributed by atoms with van der Waals surface area (Å²) in [6.45, 7) is 6.50. The van der Waals surface area contributed by atoms with Crippen LogP contribution in [-0.4, -0.2) is 68.2 Å². The summed E-state index contributed by atoms with van der Waals surface area (Å²) in [7, 11) is 3.36. The van der Waals surface area contributed by atoms with Crippen molar-refractivity contribution in [2.45, 2.75) is 44.9 Å². The van der Waals surface area contributed by atoms with Gasteiger partial charge < -0.3 is 9.80 Å². The van der Waals surface area contributed by atoms with Crippen molar-refractivity contribution in [3.05, 3.63) is 24.3 Å². The summed E-state index contributed by atoms with van der Waals surface area (Å²) in [5, 5.41) is 0. The lowest BCUT2D eigenvalue weighted by Crippen LogP contribution is -2.46. The SMILES string of the molecule is CN(C)c1cccc(N2CCN(CCCCNS(=O)CC3CCCCC3)CC2)c1. The number of nitrogens with one attached hydrogen (secondary N) is 1. The predicted octanol–water partition coefficient (Wildman–Crippen LogP) is 3.49. The van der Waals surface area contributed by atoms with Crippen LogP contribution in [0.3, 0.4) is 0 Å². The summed E-state index contributed by atoms with van der Waals surface area (Å²) in [5.41, 5.74) is 2.60. The lowest BCUT2D eigenvalue weighted by atomic mass is 9.91. The van der Waals surface area contributed by atoms with Crippen LogP contribution in [0.5, 0.6) is 0 Å². The molecule has 1 aromatic carbocycles. The number of rotatable bonds is 10. The van der Waals surface area contributed by atoms with Crippen molar-refractivity contribution in [2.24, 2.45) is 5.92 Å². The van der Waals surface area contributed by atoms with E-state index in [4.69, 9.17) is 0 Å². The number of benzene rings is 1. The topological polar surface area (TPSA) is 38.8 Å². The molecule has 0 radical (unpaired) electrons. The van der Waals surface area contributed by atoms with Gasteiger partial charge >= 0.3 is 0 Å². The molecule has 3 rings (SSSR count). The van der Waals surface area contributed by atoms with Gasteiger partial charge in [0.1, 0.15) is 0 Å². The highest BCUT2D eigenvalue weighted by molar-refractivity contribution is 7.83. The molecule has 164 valence electrons. The molecule has 1 saturated carbocycles. The summed E-state index contributed by atoms with van der Waals surface area (Å²) >= 11 is 0. The molecule has 0 spiro atoms. The van der Waals surface area contributed by atoms with E-state index >= 15 is 0 Å². The Balaban J connectivity index is 1.26. The third-order valence-corrected chi connectivity index (χ3v) is 7.66. The van der Waals surface area contributed by atoms with E-state index in [2.05, 4.69) is 57.8 Å². The maximum absolute atomic E-state index is 12.2. The molecule has 0 bridgehead atoms. The van der Waals surface area contributed by atoms with E-state index in [1.165, 1.54) is 49.9 Å². The zero-order valence-electron chi connectivity index (χ0n) is 18.4. The van der Waals surface area contributed by atoms with Crippen LogP contribution in [0.4, 0.5) is 11.4 Å². The van der Waals surface area contributed by atoms with Crippen molar-refractivity contribution in [2.75, 3.05) is 68.9 Å². The predicted molar refractivity (Wildman–Crippen MR) is 126 cm³/mol. The molecule has 1 heterocycles. The van der Waals surface area contributed by atoms with E-state index in [0.29, 0.717) is 5.92 Å². The molecule has 1 aromatic rings. The smallest absolute Gasteiger partial charge is 0.0918 e. The zero-order valence-corrected chi connectivity index (χ0v) is 19.3. The minimum atomic E-state index is -0.831. The molecule has 6 heteroatoms. The molecular weight excluding hydrogens is 380 g/mol. The summed E-state index contributed by atoms with van der Waals surface area (Å²) in [6.07, 6.45) is 8.88. The van der Waals surface area contributed by atoms with Crippen molar-refractivity contribution < 1.29 is 4.21 Å². The lowest BCUT2D eigenvalue weighted by molar-refractivity contribution is 0.253. The molecule has 1 aliphatic heterocycles. The molecule has 0 amide bonds. The minimum Gasteiger partial charge on any atom is -0.378 e. The fraction of sp³-hybridized carbons (Fsp3) is 0.739. The fourth-order valence-corrected chi connectivity index (χ4v) is 5.72. The Kier molecular flexibility index (Phi) is 9.28. The van der Waals surface area contributed by atoms with Crippen molar-refractivity contribution in [1.29, 1.82) is 0 Å². The molecular formula is C23H40N4OS. The first-order chi connectivity index (χ1) is 14.1. The van der Waals surface area contributed by atoms with E-state index in [1.807, 2.05) is 0 Å². The first-order valence-corrected chi connectivity index (χ1v) is 12.8. The van der Waals surface area contributed by atoms with Crippen LogP contribution >= 0.6 is 0 Å². The minimum absolute atomic E-state index is 0.687. The molecule has 1 unspecified atom stereocenters. The maximum atomic E-state index is 12.2. The monoisotopic (exact) mass is 420 g/mol. The number of hydrogen-bond acceptors (Lipinski definition) is 4. The van der Waals surface area contributed by atoms with Crippen LogP contribution in [0.1, 0.15) is 44.9 Å². The third-order valence-electron chi connectivity index (χ3n) is 6.36. The molecule has 1 saturated heterocycles. The first-order valence-electron chi connectivity index (χ1n) is 11.5. The molecule has 0 aromatic heterocycles. The molecule has 1 atom stereocenters. The van der Waals surface area contributed by atoms with E-state index in [1.54, 1.807) is 0 Å². The second-order valence-electron chi connectivity index (χ2n) is 8.86. The van der Waals surface area contributed by atoms with Crippen LogP contribution in [0.2, 0.25) is 0 Å². The van der Waals surface area contributed by atoms with Crippen LogP contribution < -0.4 is 14.5 Å². The summed E-state index contributed by atoms with van der Waals surface area (Å²) in [6, 6.07) is 8.83. The number of nitrogens with zero attached hydrogens (tertiary/aromatic N) is 3. The highest BCUT2D eigenvalue weighted by atomic mass is 32.2. The zero-order chi connectivity index (χ0) is 20.5. The Labute approximate surface area is 180 Å².